The van der Waals surface area contributed by atoms with Crippen LogP contribution in [-0.4, -0.2) is 34.3 Å². The first-order valence-corrected chi connectivity index (χ1v) is 13.1. The number of thiocarbonyl (C=S) groups is 1. The Hall–Kier alpha value is -3.79. The number of aromatic nitrogens is 2. The number of methoxy groups -OCH3 is 1. The fraction of sp³-hybridized carbons (Fsp3) is 0.207. The summed E-state index contributed by atoms with van der Waals surface area (Å²) < 4.78 is 21.1. The second kappa shape index (κ2) is 11.1. The Bertz CT molecular complexity index is 1540. The number of nitrogens with zero attached hydrogens (tertiary/aromatic N) is 3. The number of rotatable bonds is 7. The Morgan fingerprint density at radius 3 is 2.64 bits per heavy atom. The highest BCUT2D eigenvalue weighted by atomic mass is 35.5. The Morgan fingerprint density at radius 2 is 1.95 bits per heavy atom. The van der Waals surface area contributed by atoms with Crippen LogP contribution in [-0.2, 0) is 9.53 Å². The lowest BCUT2D eigenvalue weighted by Gasteiger charge is -2.28. The van der Waals surface area contributed by atoms with Crippen LogP contribution in [0.2, 0.25) is 5.02 Å². The number of carbonyl (C=O) groups is 1. The van der Waals surface area contributed by atoms with Crippen LogP contribution in [0.3, 0.4) is 0 Å². The molecule has 2 aromatic heterocycles. The normalized spacial score (nSPS) is 16.8. The molecule has 7 nitrogen and oxygen atoms in total. The minimum atomic E-state index is -0.302. The van der Waals surface area contributed by atoms with Gasteiger partial charge in [0.25, 0.3) is 0 Å². The zero-order valence-corrected chi connectivity index (χ0v) is 23.2. The molecule has 3 heterocycles. The van der Waals surface area contributed by atoms with Gasteiger partial charge in [-0.1, -0.05) is 23.7 Å². The summed E-state index contributed by atoms with van der Waals surface area (Å²) in [6.45, 7) is 3.94. The fourth-order valence-corrected chi connectivity index (χ4v) is 5.69. The third-order valence-electron chi connectivity index (χ3n) is 6.73. The lowest BCUT2D eigenvalue weighted by molar-refractivity contribution is -0.119. The predicted octanol–water partition coefficient (Wildman–Crippen LogP) is 6.04. The van der Waals surface area contributed by atoms with E-state index in [1.165, 1.54) is 19.2 Å². The molecule has 0 unspecified atom stereocenters. The second-order valence-electron chi connectivity index (χ2n) is 9.28. The minimum absolute atomic E-state index is 0.0764. The lowest BCUT2D eigenvalue weighted by Crippen LogP contribution is -2.29. The molecule has 2 aromatic carbocycles. The molecule has 1 saturated heterocycles. The van der Waals surface area contributed by atoms with Gasteiger partial charge in [-0.3, -0.25) is 9.78 Å². The summed E-state index contributed by atoms with van der Waals surface area (Å²) in [7, 11) is 1.45. The molecule has 1 aliphatic rings. The number of anilines is 2. The maximum absolute atomic E-state index is 14.1. The molecule has 2 atom stereocenters. The van der Waals surface area contributed by atoms with Gasteiger partial charge >= 0.3 is 0 Å². The Labute approximate surface area is 236 Å². The zero-order chi connectivity index (χ0) is 27.7. The molecule has 10 heteroatoms. The van der Waals surface area contributed by atoms with E-state index in [4.69, 9.17) is 28.6 Å². The maximum Gasteiger partial charge on any atom is 0.250 e. The maximum atomic E-state index is 14.1. The number of hydrogen-bond acceptors (Lipinski definition) is 4. The van der Waals surface area contributed by atoms with Crippen molar-refractivity contribution in [2.45, 2.75) is 25.9 Å². The number of amides is 1. The van der Waals surface area contributed by atoms with E-state index >= 15 is 0 Å². The third-order valence-corrected chi connectivity index (χ3v) is 7.36. The number of nitrogens with one attached hydrogen (secondary N) is 2. The molecule has 4 aromatic rings. The first-order valence-electron chi connectivity index (χ1n) is 12.3. The minimum Gasteiger partial charge on any atom is -0.375 e. The summed E-state index contributed by atoms with van der Waals surface area (Å²) in [5, 5.41) is 7.08. The smallest absolute Gasteiger partial charge is 0.250 e. The number of carbonyl (C=O) groups excluding carboxylic acids is 1. The van der Waals surface area contributed by atoms with Crippen LogP contribution in [0.15, 0.2) is 72.9 Å². The van der Waals surface area contributed by atoms with E-state index in [-0.39, 0.29) is 30.4 Å². The highest BCUT2D eigenvalue weighted by Crippen LogP contribution is 2.44. The van der Waals surface area contributed by atoms with E-state index < -0.39 is 0 Å². The molecule has 1 fully saturated rings. The van der Waals surface area contributed by atoms with Crippen molar-refractivity contribution in [3.63, 3.8) is 0 Å². The van der Waals surface area contributed by atoms with Crippen molar-refractivity contribution in [3.05, 3.63) is 106 Å². The third kappa shape index (κ3) is 5.25. The molecule has 39 heavy (non-hydrogen) atoms. The summed E-state index contributed by atoms with van der Waals surface area (Å²) >= 11 is 12.5. The Morgan fingerprint density at radius 1 is 1.13 bits per heavy atom. The number of ether oxygens (including phenoxy) is 1. The van der Waals surface area contributed by atoms with E-state index in [1.807, 2.05) is 53.6 Å². The van der Waals surface area contributed by atoms with Crippen LogP contribution in [0, 0.1) is 19.7 Å². The van der Waals surface area contributed by atoms with Crippen molar-refractivity contribution in [2.75, 3.05) is 23.9 Å². The molecule has 2 N–H and O–H groups in total. The molecule has 0 saturated carbocycles. The molecule has 1 amide bonds. The van der Waals surface area contributed by atoms with Crippen molar-refractivity contribution >= 4 is 46.2 Å². The van der Waals surface area contributed by atoms with Gasteiger partial charge in [0.15, 0.2) is 5.11 Å². The van der Waals surface area contributed by atoms with Crippen molar-refractivity contribution in [2.24, 2.45) is 0 Å². The van der Waals surface area contributed by atoms with E-state index in [1.54, 1.807) is 24.4 Å². The van der Waals surface area contributed by atoms with Gasteiger partial charge < -0.3 is 24.8 Å². The van der Waals surface area contributed by atoms with Crippen molar-refractivity contribution in [3.8, 4) is 5.69 Å². The van der Waals surface area contributed by atoms with Gasteiger partial charge in [-0.2, -0.15) is 0 Å². The van der Waals surface area contributed by atoms with Gasteiger partial charge in [0, 0.05) is 36.1 Å². The van der Waals surface area contributed by atoms with Crippen molar-refractivity contribution in [1.29, 1.82) is 0 Å². The van der Waals surface area contributed by atoms with Crippen LogP contribution in [0.4, 0.5) is 15.8 Å². The standard InChI is InChI=1S/C29H27ClFN5O2S/c1-17-13-22(18(2)35(17)20-8-6-7-19(31)14-20)28-27(25-9-4-5-12-32-25)34-29(39)36(28)21-10-11-24(23(30)15-21)33-26(37)16-38-3/h4-15,27-28H,16H2,1-3H3,(H,33,37)(H,34,39)/t27-,28+/m1/s1. The molecular formula is C29H27ClFN5O2S. The molecule has 0 bridgehead atoms. The monoisotopic (exact) mass is 563 g/mol. The van der Waals surface area contributed by atoms with Crippen LogP contribution < -0.4 is 15.5 Å². The molecule has 5 rings (SSSR count). The predicted molar refractivity (Wildman–Crippen MR) is 155 cm³/mol. The van der Waals surface area contributed by atoms with Gasteiger partial charge in [-0.05, 0) is 86.2 Å². The highest BCUT2D eigenvalue weighted by molar-refractivity contribution is 7.80. The number of hydrogen-bond donors (Lipinski definition) is 2. The highest BCUT2D eigenvalue weighted by Gasteiger charge is 2.42. The van der Waals surface area contributed by atoms with Crippen LogP contribution >= 0.6 is 23.8 Å². The summed E-state index contributed by atoms with van der Waals surface area (Å²) in [5.41, 5.74) is 5.72. The summed E-state index contributed by atoms with van der Waals surface area (Å²) in [6, 6.07) is 19.2. The molecule has 200 valence electrons. The van der Waals surface area contributed by atoms with Crippen LogP contribution in [0.5, 0.6) is 0 Å². The van der Waals surface area contributed by atoms with E-state index in [0.29, 0.717) is 15.8 Å². The van der Waals surface area contributed by atoms with Gasteiger partial charge in [-0.15, -0.1) is 0 Å². The number of pyridine rings is 1. The molecule has 0 radical (unpaired) electrons. The average molecular weight is 564 g/mol. The van der Waals surface area contributed by atoms with Gasteiger partial charge in [-0.25, -0.2) is 4.39 Å². The topological polar surface area (TPSA) is 71.4 Å². The largest absolute Gasteiger partial charge is 0.375 e. The zero-order valence-electron chi connectivity index (χ0n) is 21.6. The van der Waals surface area contributed by atoms with Gasteiger partial charge in [0.1, 0.15) is 12.4 Å². The van der Waals surface area contributed by atoms with E-state index in [0.717, 1.165) is 34.0 Å². The first-order chi connectivity index (χ1) is 18.8. The summed E-state index contributed by atoms with van der Waals surface area (Å²) in [5.74, 6) is -0.603. The van der Waals surface area contributed by atoms with Crippen molar-refractivity contribution in [1.82, 2.24) is 14.9 Å². The first kappa shape index (κ1) is 26.8. The fourth-order valence-electron chi connectivity index (χ4n) is 5.12. The lowest BCUT2D eigenvalue weighted by atomic mass is 9.96. The Balaban J connectivity index is 1.61. The average Bonchev–Trinajstić information content (AvgIpc) is 3.40. The van der Waals surface area contributed by atoms with Crippen molar-refractivity contribution < 1.29 is 13.9 Å². The number of benzene rings is 2. The van der Waals surface area contributed by atoms with E-state index in [9.17, 15) is 9.18 Å². The van der Waals surface area contributed by atoms with Gasteiger partial charge in [0.2, 0.25) is 5.91 Å². The van der Waals surface area contributed by atoms with Crippen LogP contribution in [0.1, 0.15) is 34.7 Å². The summed E-state index contributed by atoms with van der Waals surface area (Å²) in [6.07, 6.45) is 1.75. The SMILES string of the molecule is COCC(=O)Nc1ccc(N2C(=S)N[C@H](c3ccccn3)[C@@H]2c2cc(C)n(-c3cccc(F)c3)c2C)cc1Cl. The second-order valence-corrected chi connectivity index (χ2v) is 10.1. The molecular weight excluding hydrogens is 537 g/mol. The van der Waals surface area contributed by atoms with Gasteiger partial charge in [0.05, 0.1) is 28.5 Å². The Kier molecular flexibility index (Phi) is 7.65. The molecule has 0 spiro atoms. The summed E-state index contributed by atoms with van der Waals surface area (Å²) in [4.78, 5) is 18.7. The quantitative estimate of drug-likeness (QED) is 0.267. The van der Waals surface area contributed by atoms with E-state index in [2.05, 4.69) is 21.7 Å². The number of halogens is 2. The molecule has 1 aliphatic heterocycles. The molecule has 0 aliphatic carbocycles. The number of aryl methyl sites for hydroxylation is 1. The van der Waals surface area contributed by atoms with Crippen LogP contribution in [0.25, 0.3) is 5.69 Å².